The summed E-state index contributed by atoms with van der Waals surface area (Å²) in [4.78, 5) is 40.7. The minimum absolute atomic E-state index is 0.0706. The van der Waals surface area contributed by atoms with Crippen LogP contribution in [0.1, 0.15) is 199 Å². The molecule has 1 aliphatic carbocycles. The fourth-order valence-corrected chi connectivity index (χ4v) is 11.6. The summed E-state index contributed by atoms with van der Waals surface area (Å²) in [6.07, 6.45) is 40.3. The third-order valence-corrected chi connectivity index (χ3v) is 16.9. The van der Waals surface area contributed by atoms with Gasteiger partial charge in [-0.1, -0.05) is 159 Å². The van der Waals surface area contributed by atoms with E-state index in [1.54, 1.807) is 6.92 Å². The molecule has 0 aromatic carbocycles. The molecule has 1 heterocycles. The van der Waals surface area contributed by atoms with Gasteiger partial charge in [-0.05, 0) is 177 Å². The van der Waals surface area contributed by atoms with Gasteiger partial charge in [-0.2, -0.15) is 5.10 Å². The zero-order chi connectivity index (χ0) is 51.8. The quantitative estimate of drug-likeness (QED) is 0.0128. The number of nitrogens with zero attached hydrogens (tertiary/aromatic N) is 3. The minimum Gasteiger partial charge on any atom is -0.326 e. The third kappa shape index (κ3) is 19.3. The van der Waals surface area contributed by atoms with E-state index >= 15 is 0 Å². The Labute approximate surface area is 424 Å². The Morgan fingerprint density at radius 1 is 0.913 bits per heavy atom. The zero-order valence-corrected chi connectivity index (χ0v) is 46.3. The van der Waals surface area contributed by atoms with Crippen molar-refractivity contribution in [1.29, 1.82) is 0 Å². The molecule has 1 saturated heterocycles. The third-order valence-electron chi connectivity index (χ3n) is 16.9. The van der Waals surface area contributed by atoms with Gasteiger partial charge in [0, 0.05) is 19.5 Å². The van der Waals surface area contributed by atoms with Crippen LogP contribution in [-0.4, -0.2) is 52.7 Å². The molecule has 8 unspecified atom stereocenters. The number of rotatable bonds is 32. The van der Waals surface area contributed by atoms with Gasteiger partial charge in [0.1, 0.15) is 0 Å². The minimum atomic E-state index is -1.19. The van der Waals surface area contributed by atoms with Gasteiger partial charge in [-0.25, -0.2) is 0 Å². The number of Topliss-reactive ketones (excluding diaryl/α,β-unsaturated/α-hetero) is 2. The Morgan fingerprint density at radius 3 is 2.20 bits per heavy atom. The van der Waals surface area contributed by atoms with Crippen molar-refractivity contribution in [3.05, 3.63) is 84.7 Å². The molecule has 2 rings (SSSR count). The fraction of sp³-hybridized carbons (Fsp3) is 0.683. The van der Waals surface area contributed by atoms with E-state index in [2.05, 4.69) is 136 Å². The van der Waals surface area contributed by atoms with E-state index in [1.165, 1.54) is 72.6 Å². The molecule has 6 heteroatoms. The normalized spacial score (nSPS) is 23.2. The Hall–Kier alpha value is -3.98. The van der Waals surface area contributed by atoms with Gasteiger partial charge in [0.25, 0.3) is 5.91 Å². The molecule has 69 heavy (non-hydrogen) atoms. The van der Waals surface area contributed by atoms with Crippen LogP contribution in [0.25, 0.3) is 0 Å². The molecule has 1 amide bonds. The van der Waals surface area contributed by atoms with E-state index in [9.17, 15) is 14.4 Å². The summed E-state index contributed by atoms with van der Waals surface area (Å²) in [5.74, 6) is 5.72. The number of hydrogen-bond donors (Lipinski definition) is 0. The van der Waals surface area contributed by atoms with Crippen LogP contribution in [0.4, 0.5) is 0 Å². The van der Waals surface area contributed by atoms with Gasteiger partial charge >= 0.3 is 0 Å². The van der Waals surface area contributed by atoms with Gasteiger partial charge in [0.05, 0.1) is 17.5 Å². The number of carbonyl (C=O) groups is 3. The Balaban J connectivity index is 1.81. The van der Waals surface area contributed by atoms with E-state index in [0.29, 0.717) is 60.4 Å². The summed E-state index contributed by atoms with van der Waals surface area (Å²) in [7, 11) is 0. The highest BCUT2D eigenvalue weighted by atomic mass is 16.2. The highest BCUT2D eigenvalue weighted by Crippen LogP contribution is 2.39. The smallest absolute Gasteiger partial charge is 0.292 e. The highest BCUT2D eigenvalue weighted by molar-refractivity contribution is 6.39. The van der Waals surface area contributed by atoms with Gasteiger partial charge < -0.3 is 4.90 Å². The van der Waals surface area contributed by atoms with E-state index in [-0.39, 0.29) is 11.7 Å². The maximum absolute atomic E-state index is 13.6. The predicted molar refractivity (Wildman–Crippen MR) is 297 cm³/mol. The lowest BCUT2D eigenvalue weighted by molar-refractivity contribution is -0.153. The van der Waals surface area contributed by atoms with Crippen molar-refractivity contribution in [2.75, 3.05) is 6.54 Å². The lowest BCUT2D eigenvalue weighted by atomic mass is 9.72. The molecule has 12 atom stereocenters. The second kappa shape index (κ2) is 31.4. The average molecular weight is 949 g/mol. The molecule has 0 radical (unpaired) electrons. The molecule has 0 spiro atoms. The first kappa shape index (κ1) is 61.1. The van der Waals surface area contributed by atoms with Gasteiger partial charge in [-0.3, -0.25) is 19.4 Å². The molecular weight excluding hydrogens is 847 g/mol. The van der Waals surface area contributed by atoms with Gasteiger partial charge in [0.2, 0.25) is 5.78 Å². The van der Waals surface area contributed by atoms with Gasteiger partial charge in [0.15, 0.2) is 5.78 Å². The van der Waals surface area contributed by atoms with Crippen LogP contribution in [0.3, 0.4) is 0 Å². The molecule has 2 fully saturated rings. The number of hydrazone groups is 1. The SMILES string of the molecule is C#CC(C)(C(=O)C(=O)N1CCCCC1C(C)=O)C(C)CCCC[C@H](CC)/C(C)=C/C=C/C=C/[C@@H](C)CC(C)C(=C)C(CC)C/C(C)=C/[C@@H](C)C(=C)CC[C@H](C)CC1CCC(N(C=C)N=C)C(CC)C1. The Morgan fingerprint density at radius 2 is 1.59 bits per heavy atom. The first-order chi connectivity index (χ1) is 32.7. The number of piperidine rings is 1. The Kier molecular flexibility index (Phi) is 27.8. The summed E-state index contributed by atoms with van der Waals surface area (Å²) in [6, 6.07) is -0.0772. The van der Waals surface area contributed by atoms with Crippen molar-refractivity contribution < 1.29 is 14.4 Å². The monoisotopic (exact) mass is 948 g/mol. The molecule has 0 aromatic rings. The van der Waals surface area contributed by atoms with E-state index in [4.69, 9.17) is 6.42 Å². The summed E-state index contributed by atoms with van der Waals surface area (Å²) in [6.45, 7) is 43.4. The summed E-state index contributed by atoms with van der Waals surface area (Å²) in [5, 5.41) is 6.22. The van der Waals surface area contributed by atoms with Crippen molar-refractivity contribution >= 4 is 24.2 Å². The predicted octanol–water partition coefficient (Wildman–Crippen LogP) is 16.3. The fourth-order valence-electron chi connectivity index (χ4n) is 11.6. The number of ketones is 2. The van der Waals surface area contributed by atoms with Crippen LogP contribution in [0.5, 0.6) is 0 Å². The lowest BCUT2D eigenvalue weighted by Gasteiger charge is -2.40. The second-order valence-corrected chi connectivity index (χ2v) is 22.2. The van der Waals surface area contributed by atoms with Crippen molar-refractivity contribution in [3.63, 3.8) is 0 Å². The first-order valence-corrected chi connectivity index (χ1v) is 27.5. The number of amides is 1. The number of hydrogen-bond acceptors (Lipinski definition) is 5. The van der Waals surface area contributed by atoms with Crippen LogP contribution < -0.4 is 0 Å². The van der Waals surface area contributed by atoms with Crippen molar-refractivity contribution in [2.45, 2.75) is 211 Å². The van der Waals surface area contributed by atoms with Crippen molar-refractivity contribution in [1.82, 2.24) is 9.91 Å². The van der Waals surface area contributed by atoms with Crippen molar-refractivity contribution in [2.24, 2.45) is 63.8 Å². The molecule has 0 bridgehead atoms. The van der Waals surface area contributed by atoms with Crippen LogP contribution in [-0.2, 0) is 14.4 Å². The van der Waals surface area contributed by atoms with Crippen LogP contribution in [0.2, 0.25) is 0 Å². The highest BCUT2D eigenvalue weighted by Gasteiger charge is 2.44. The second-order valence-electron chi connectivity index (χ2n) is 22.2. The molecule has 1 aliphatic heterocycles. The molecule has 386 valence electrons. The van der Waals surface area contributed by atoms with Crippen LogP contribution >= 0.6 is 0 Å². The molecular formula is C63H101N3O3. The van der Waals surface area contributed by atoms with Crippen molar-refractivity contribution in [3.8, 4) is 12.3 Å². The molecule has 6 nitrogen and oxygen atoms in total. The number of carbonyl (C=O) groups excluding carboxylic acids is 3. The summed E-state index contributed by atoms with van der Waals surface area (Å²) < 4.78 is 0. The van der Waals surface area contributed by atoms with Crippen LogP contribution in [0.15, 0.2) is 89.8 Å². The van der Waals surface area contributed by atoms with E-state index in [1.807, 2.05) is 18.1 Å². The maximum Gasteiger partial charge on any atom is 0.292 e. The van der Waals surface area contributed by atoms with Gasteiger partial charge in [-0.15, -0.1) is 6.42 Å². The summed E-state index contributed by atoms with van der Waals surface area (Å²) in [5.41, 5.74) is 4.37. The zero-order valence-electron chi connectivity index (χ0n) is 46.3. The average Bonchev–Trinajstić information content (AvgIpc) is 3.34. The van der Waals surface area contributed by atoms with E-state index < -0.39 is 23.1 Å². The number of allylic oxidation sites excluding steroid dienone is 10. The van der Waals surface area contributed by atoms with Crippen LogP contribution in [0, 0.1) is 71.0 Å². The molecule has 2 aliphatic rings. The first-order valence-electron chi connectivity index (χ1n) is 27.5. The molecule has 1 saturated carbocycles. The standard InChI is InChI=1S/C63H101N3O3/c1-18-56(33-27-26-32-52(13)63(16,21-4)61(68)62(69)65-39-29-28-34-59(65)54(15)67)49(10)31-25-23-24-30-45(6)40-51(12)53(14)57(19-2)43-47(8)41-50(11)48(9)36-35-46(7)42-55-37-38-60(58(20-3)44-55)66(22-5)64-17/h4,22-25,30-31,41,45-46,50-52,55-60H,5,9,14,17-20,26-29,32-40,42-44H2,1-3,6-8,10-13,15-16H3/b25-23+,30-24+,47-41+,49-31+/t45-,46+,50-,51?,52?,55?,56+,57?,58?,59?,60?,63?/m1/s1. The number of unbranched alkanes of at least 4 members (excludes halogenated alkanes) is 1. The topological polar surface area (TPSA) is 70.1 Å². The van der Waals surface area contributed by atoms with E-state index in [0.717, 1.165) is 76.5 Å². The number of terminal acetylenes is 1. The molecule has 0 aromatic heterocycles. The number of likely N-dealkylation sites (tertiary alicyclic amines) is 1. The largest absolute Gasteiger partial charge is 0.326 e. The maximum atomic E-state index is 13.6. The summed E-state index contributed by atoms with van der Waals surface area (Å²) >= 11 is 0. The Bertz CT molecular complexity index is 1830. The lowest BCUT2D eigenvalue weighted by Crippen LogP contribution is -2.53. The molecule has 0 N–H and O–H groups in total.